The fraction of sp³-hybridized carbons (Fsp3) is 0.846. The van der Waals surface area contributed by atoms with Gasteiger partial charge in [0.15, 0.2) is 7.43 Å². The second-order valence-corrected chi connectivity index (χ2v) is 9.97. The largest absolute Gasteiger partial charge is 0.356 e. The lowest BCUT2D eigenvalue weighted by Crippen LogP contribution is -2.36. The molecule has 2 aliphatic rings. The molecule has 0 radical (unpaired) electrons. The molecule has 10 heteroatoms. The molecule has 4 atom stereocenters. The zero-order valence-electron chi connectivity index (χ0n) is 13.0. The van der Waals surface area contributed by atoms with Gasteiger partial charge in [0.1, 0.15) is 0 Å². The molecule has 0 aromatic rings. The maximum atomic E-state index is 13.2. The molecule has 2 fully saturated rings. The molecule has 6 nitrogen and oxygen atoms in total. The number of amides is 3. The Morgan fingerprint density at radius 2 is 2.35 bits per heavy atom. The van der Waals surface area contributed by atoms with Crippen molar-refractivity contribution in [2.45, 2.75) is 43.0 Å². The number of hydrogen-bond acceptors (Lipinski definition) is 5. The molecule has 3 amide bonds. The molecule has 0 aliphatic carbocycles. The molecule has 0 aromatic carbocycles. The number of halogens is 1. The highest BCUT2D eigenvalue weighted by Crippen LogP contribution is 2.50. The quantitative estimate of drug-likeness (QED) is 0.234. The van der Waals surface area contributed by atoms with Crippen LogP contribution in [0, 0.1) is 0 Å². The minimum atomic E-state index is -1.71. The highest BCUT2D eigenvalue weighted by Gasteiger charge is 2.42. The van der Waals surface area contributed by atoms with Gasteiger partial charge in [-0.1, -0.05) is 6.42 Å². The summed E-state index contributed by atoms with van der Waals surface area (Å²) in [6.45, 7) is 0.358. The number of rotatable bonds is 10. The molecule has 132 valence electrons. The average molecular weight is 383 g/mol. The summed E-state index contributed by atoms with van der Waals surface area (Å²) in [4.78, 5) is 23.0. The van der Waals surface area contributed by atoms with Gasteiger partial charge in [-0.3, -0.25) is 4.79 Å². The summed E-state index contributed by atoms with van der Waals surface area (Å²) in [6, 6.07) is 0.411. The van der Waals surface area contributed by atoms with Gasteiger partial charge < -0.3 is 20.1 Å². The van der Waals surface area contributed by atoms with Crippen molar-refractivity contribution in [1.82, 2.24) is 16.0 Å². The van der Waals surface area contributed by atoms with Crippen LogP contribution >= 0.6 is 30.9 Å². The minimum absolute atomic E-state index is 0.0244. The van der Waals surface area contributed by atoms with Gasteiger partial charge in [0, 0.05) is 30.1 Å². The molecule has 0 aromatic heterocycles. The molecule has 2 aliphatic heterocycles. The summed E-state index contributed by atoms with van der Waals surface area (Å²) < 4.78 is 17.8. The summed E-state index contributed by atoms with van der Waals surface area (Å²) >= 11 is 2.72. The lowest BCUT2D eigenvalue weighted by molar-refractivity contribution is -0.121. The van der Waals surface area contributed by atoms with Crippen molar-refractivity contribution in [3.05, 3.63) is 0 Å². The van der Waals surface area contributed by atoms with E-state index in [9.17, 15) is 13.8 Å². The Bertz CT molecular complexity index is 422. The predicted molar refractivity (Wildman–Crippen MR) is 94.5 cm³/mol. The van der Waals surface area contributed by atoms with E-state index in [2.05, 4.69) is 20.1 Å². The molecule has 2 heterocycles. The van der Waals surface area contributed by atoms with Gasteiger partial charge in [-0.05, 0) is 12.8 Å². The standard InChI is InChI=1S/C13H23FN3O3PS2/c1-20-23-21(14)7-6-15-11(18)5-3-2-4-10-12-9(8-22-10)16-13(19)17-12/h9-10,12H,2-8H2,1H3,(H,15,18)(H2,16,17,19). The Labute approximate surface area is 145 Å². The van der Waals surface area contributed by atoms with Gasteiger partial charge in [0.2, 0.25) is 5.91 Å². The van der Waals surface area contributed by atoms with Gasteiger partial charge in [-0.25, -0.2) is 8.99 Å². The van der Waals surface area contributed by atoms with Gasteiger partial charge in [-0.2, -0.15) is 11.8 Å². The van der Waals surface area contributed by atoms with E-state index in [0.29, 0.717) is 24.4 Å². The van der Waals surface area contributed by atoms with Crippen LogP contribution in [0.25, 0.3) is 0 Å². The van der Waals surface area contributed by atoms with Crippen LogP contribution < -0.4 is 16.0 Å². The van der Waals surface area contributed by atoms with Crippen LogP contribution in [0.2, 0.25) is 0 Å². The normalized spacial score (nSPS) is 27.2. The van der Waals surface area contributed by atoms with Crippen molar-refractivity contribution in [2.24, 2.45) is 0 Å². The number of thioether (sulfide) groups is 1. The van der Waals surface area contributed by atoms with Crippen LogP contribution in [-0.4, -0.2) is 54.8 Å². The summed E-state index contributed by atoms with van der Waals surface area (Å²) in [7, 11) is -0.266. The van der Waals surface area contributed by atoms with Crippen LogP contribution in [0.15, 0.2) is 0 Å². The van der Waals surface area contributed by atoms with Crippen molar-refractivity contribution in [2.75, 3.05) is 25.6 Å². The fourth-order valence-corrected chi connectivity index (χ4v) is 5.81. The monoisotopic (exact) mass is 383 g/mol. The number of fused-ring (bicyclic) bond motifs is 1. The maximum absolute atomic E-state index is 13.2. The molecule has 3 N–H and O–H groups in total. The first-order valence-electron chi connectivity index (χ1n) is 7.69. The molecule has 0 bridgehead atoms. The van der Waals surface area contributed by atoms with Crippen molar-refractivity contribution in [3.63, 3.8) is 0 Å². The molecule has 23 heavy (non-hydrogen) atoms. The smallest absolute Gasteiger partial charge is 0.315 e. The molecule has 4 unspecified atom stereocenters. The van der Waals surface area contributed by atoms with Crippen LogP contribution in [0.4, 0.5) is 8.99 Å². The first kappa shape index (κ1) is 19.1. The van der Waals surface area contributed by atoms with Crippen molar-refractivity contribution >= 4 is 42.8 Å². The van der Waals surface area contributed by atoms with E-state index in [0.717, 1.165) is 36.7 Å². The molecular formula is C13H23FN3O3PS2. The second kappa shape index (κ2) is 9.91. The van der Waals surface area contributed by atoms with E-state index in [1.54, 1.807) is 0 Å². The topological polar surface area (TPSA) is 79.5 Å². The number of carbonyl (C=O) groups is 2. The number of urea groups is 1. The third-order valence-corrected chi connectivity index (χ3v) is 7.72. The summed E-state index contributed by atoms with van der Waals surface area (Å²) in [5.41, 5.74) is 0. The highest BCUT2D eigenvalue weighted by molar-refractivity contribution is 8.51. The Morgan fingerprint density at radius 1 is 1.52 bits per heavy atom. The Hall–Kier alpha value is -0.240. The lowest BCUT2D eigenvalue weighted by Gasteiger charge is -2.16. The predicted octanol–water partition coefficient (Wildman–Crippen LogP) is 2.40. The van der Waals surface area contributed by atoms with E-state index in [4.69, 9.17) is 0 Å². The number of unbranched alkanes of at least 4 members (excludes halogenated alkanes) is 1. The first-order chi connectivity index (χ1) is 11.1. The zero-order chi connectivity index (χ0) is 16.7. The molecule has 2 rings (SSSR count). The molecule has 0 spiro atoms. The van der Waals surface area contributed by atoms with Crippen molar-refractivity contribution in [3.8, 4) is 0 Å². The molecule has 0 saturated carbocycles. The van der Waals surface area contributed by atoms with Crippen LogP contribution in [0.1, 0.15) is 25.7 Å². The van der Waals surface area contributed by atoms with E-state index in [-0.39, 0.29) is 24.0 Å². The molecular weight excluding hydrogens is 360 g/mol. The van der Waals surface area contributed by atoms with Gasteiger partial charge in [-0.15, -0.1) is 0 Å². The van der Waals surface area contributed by atoms with Crippen LogP contribution in [0.3, 0.4) is 0 Å². The first-order valence-corrected chi connectivity index (χ1v) is 11.5. The van der Waals surface area contributed by atoms with Gasteiger partial charge in [0.25, 0.3) is 0 Å². The van der Waals surface area contributed by atoms with E-state index in [1.165, 1.54) is 7.11 Å². The number of hydrogen-bond donors (Lipinski definition) is 3. The fourth-order valence-electron chi connectivity index (χ4n) is 2.76. The number of nitrogens with one attached hydrogen (secondary N) is 3. The van der Waals surface area contributed by atoms with Gasteiger partial charge in [0.05, 0.1) is 30.9 Å². The summed E-state index contributed by atoms with van der Waals surface area (Å²) in [5, 5.41) is 9.06. The summed E-state index contributed by atoms with van der Waals surface area (Å²) in [6.07, 6.45) is 3.56. The van der Waals surface area contributed by atoms with Crippen LogP contribution in [-0.2, 0) is 8.98 Å². The van der Waals surface area contributed by atoms with Crippen molar-refractivity contribution in [1.29, 1.82) is 0 Å². The average Bonchev–Trinajstić information content (AvgIpc) is 3.03. The van der Waals surface area contributed by atoms with E-state index in [1.807, 2.05) is 11.8 Å². The lowest BCUT2D eigenvalue weighted by atomic mass is 10.0. The van der Waals surface area contributed by atoms with Gasteiger partial charge >= 0.3 is 6.03 Å². The Kier molecular flexibility index (Phi) is 8.23. The Morgan fingerprint density at radius 3 is 3.13 bits per heavy atom. The highest BCUT2D eigenvalue weighted by atomic mass is 32.7. The maximum Gasteiger partial charge on any atom is 0.315 e. The third kappa shape index (κ3) is 6.29. The van der Waals surface area contributed by atoms with Crippen molar-refractivity contribution < 1.29 is 18.0 Å². The SMILES string of the molecule is COSP(F)CCNC(=O)CCCCC1SCC2NC(=O)NC21. The molecule has 2 saturated heterocycles. The van der Waals surface area contributed by atoms with E-state index < -0.39 is 7.43 Å². The summed E-state index contributed by atoms with van der Waals surface area (Å²) in [5.74, 6) is 0.934. The zero-order valence-corrected chi connectivity index (χ0v) is 15.6. The van der Waals surface area contributed by atoms with Crippen LogP contribution in [0.5, 0.6) is 0 Å². The Balaban J connectivity index is 1.50. The second-order valence-electron chi connectivity index (χ2n) is 5.50. The number of carbonyl (C=O) groups excluding carboxylic acids is 2. The third-order valence-electron chi connectivity index (χ3n) is 3.85. The minimum Gasteiger partial charge on any atom is -0.356 e. The van der Waals surface area contributed by atoms with E-state index >= 15 is 0 Å².